The first-order valence-corrected chi connectivity index (χ1v) is 5.84. The average molecular weight is 247 g/mol. The second kappa shape index (κ2) is 7.47. The molecule has 1 amide bonds. The molecule has 0 aliphatic heterocycles. The number of aliphatic hydroxyl groups excluding tert-OH is 1. The molecular weight excluding hydrogens is 222 g/mol. The van der Waals surface area contributed by atoms with Gasteiger partial charge in [-0.3, -0.25) is 0 Å². The van der Waals surface area contributed by atoms with Crippen LogP contribution in [0.4, 0.5) is 4.79 Å². The monoisotopic (exact) mass is 247 g/mol. The molecule has 0 fully saturated rings. The third-order valence-electron chi connectivity index (χ3n) is 2.12. The molecule has 0 saturated carbocycles. The molecule has 0 aromatic carbocycles. The van der Waals surface area contributed by atoms with Gasteiger partial charge in [0.25, 0.3) is 0 Å². The Morgan fingerprint density at radius 3 is 2.47 bits per heavy atom. The first-order valence-electron chi connectivity index (χ1n) is 5.84. The molecule has 2 atom stereocenters. The lowest BCUT2D eigenvalue weighted by atomic mass is 10.1. The number of aliphatic hydroxyl groups is 1. The number of nitrogens with two attached hydrogens (primary N) is 1. The van der Waals surface area contributed by atoms with Crippen molar-refractivity contribution in [3.8, 4) is 0 Å². The highest BCUT2D eigenvalue weighted by Gasteiger charge is 2.21. The first-order chi connectivity index (χ1) is 7.80. The van der Waals surface area contributed by atoms with E-state index in [1.165, 1.54) is 0 Å². The topological polar surface area (TPSA) is 96.6 Å². The van der Waals surface area contributed by atoms with Crippen LogP contribution in [0, 0.1) is 0 Å². The number of hydrogen-bond acceptors (Lipinski definition) is 5. The van der Waals surface area contributed by atoms with Gasteiger partial charge in [0.15, 0.2) is 0 Å². The fraction of sp³-hybridized carbons (Fsp3) is 0.909. The Labute approximate surface area is 103 Å². The van der Waals surface area contributed by atoms with Crippen LogP contribution in [0.15, 0.2) is 0 Å². The Kier molecular flexibility index (Phi) is 7.10. The third-order valence-corrected chi connectivity index (χ3v) is 2.12. The van der Waals surface area contributed by atoms with Crippen molar-refractivity contribution in [2.75, 3.05) is 19.7 Å². The van der Waals surface area contributed by atoms with E-state index in [9.17, 15) is 4.79 Å². The van der Waals surface area contributed by atoms with Crippen LogP contribution in [0.3, 0.4) is 0 Å². The Hall–Kier alpha value is -0.850. The van der Waals surface area contributed by atoms with E-state index in [1.807, 2.05) is 27.7 Å². The zero-order chi connectivity index (χ0) is 13.5. The molecule has 6 nitrogen and oxygen atoms in total. The molecular formula is C11H25N3O3. The van der Waals surface area contributed by atoms with Crippen molar-refractivity contribution in [2.45, 2.75) is 45.4 Å². The minimum Gasteiger partial charge on any atom is -0.444 e. The van der Waals surface area contributed by atoms with Crippen molar-refractivity contribution >= 4 is 6.09 Å². The van der Waals surface area contributed by atoms with Gasteiger partial charge in [-0.2, -0.15) is 0 Å². The molecule has 0 rings (SSSR count). The Morgan fingerprint density at radius 2 is 2.06 bits per heavy atom. The van der Waals surface area contributed by atoms with E-state index in [1.54, 1.807) is 0 Å². The number of carbonyl (C=O) groups is 1. The Balaban J connectivity index is 4.12. The molecule has 0 bridgehead atoms. The third kappa shape index (κ3) is 7.95. The molecule has 0 aromatic rings. The number of rotatable bonds is 6. The van der Waals surface area contributed by atoms with Crippen molar-refractivity contribution in [1.82, 2.24) is 10.6 Å². The summed E-state index contributed by atoms with van der Waals surface area (Å²) < 4.78 is 5.14. The smallest absolute Gasteiger partial charge is 0.407 e. The van der Waals surface area contributed by atoms with Crippen LogP contribution >= 0.6 is 0 Å². The summed E-state index contributed by atoms with van der Waals surface area (Å²) in [4.78, 5) is 11.5. The highest BCUT2D eigenvalue weighted by atomic mass is 16.6. The normalized spacial score (nSPS) is 15.2. The summed E-state index contributed by atoms with van der Waals surface area (Å²) in [7, 11) is 0. The summed E-state index contributed by atoms with van der Waals surface area (Å²) in [5, 5.41) is 14.5. The first kappa shape index (κ1) is 16.1. The van der Waals surface area contributed by atoms with E-state index in [-0.39, 0.29) is 18.7 Å². The van der Waals surface area contributed by atoms with Crippen LogP contribution in [0.25, 0.3) is 0 Å². The molecule has 0 radical (unpaired) electrons. The summed E-state index contributed by atoms with van der Waals surface area (Å²) in [6.07, 6.45) is -0.464. The zero-order valence-corrected chi connectivity index (χ0v) is 11.1. The molecule has 102 valence electrons. The summed E-state index contributed by atoms with van der Waals surface area (Å²) in [5.74, 6) is 0. The van der Waals surface area contributed by atoms with Crippen molar-refractivity contribution in [3.63, 3.8) is 0 Å². The fourth-order valence-corrected chi connectivity index (χ4v) is 1.31. The van der Waals surface area contributed by atoms with Gasteiger partial charge in [0, 0.05) is 25.2 Å². The number of ether oxygens (including phenoxy) is 1. The molecule has 0 spiro atoms. The molecule has 0 heterocycles. The van der Waals surface area contributed by atoms with E-state index >= 15 is 0 Å². The standard InChI is InChI=1S/C11H25N3O3/c1-8(9(7-12)13-5-6-15)14-10(16)17-11(2,3)4/h8-9,13,15H,5-7,12H2,1-4H3,(H,14,16). The second-order valence-corrected chi connectivity index (χ2v) is 4.95. The van der Waals surface area contributed by atoms with Crippen molar-refractivity contribution in [2.24, 2.45) is 5.73 Å². The maximum atomic E-state index is 11.5. The van der Waals surface area contributed by atoms with Crippen LogP contribution in [-0.2, 0) is 4.74 Å². The number of alkyl carbamates (subject to hydrolysis) is 1. The van der Waals surface area contributed by atoms with Crippen LogP contribution in [0.5, 0.6) is 0 Å². The molecule has 2 unspecified atom stereocenters. The van der Waals surface area contributed by atoms with Gasteiger partial charge in [-0.15, -0.1) is 0 Å². The molecule has 0 aromatic heterocycles. The lowest BCUT2D eigenvalue weighted by Gasteiger charge is -2.26. The van der Waals surface area contributed by atoms with Crippen molar-refractivity contribution in [1.29, 1.82) is 0 Å². The predicted molar refractivity (Wildman–Crippen MR) is 66.8 cm³/mol. The van der Waals surface area contributed by atoms with Gasteiger partial charge >= 0.3 is 6.09 Å². The van der Waals surface area contributed by atoms with Gasteiger partial charge < -0.3 is 26.2 Å². The highest BCUT2D eigenvalue weighted by molar-refractivity contribution is 5.68. The van der Waals surface area contributed by atoms with Gasteiger partial charge in [-0.25, -0.2) is 4.79 Å². The van der Waals surface area contributed by atoms with Gasteiger partial charge in [0.2, 0.25) is 0 Å². The Bertz CT molecular complexity index is 228. The van der Waals surface area contributed by atoms with E-state index in [4.69, 9.17) is 15.6 Å². The second-order valence-electron chi connectivity index (χ2n) is 4.95. The lowest BCUT2D eigenvalue weighted by Crippen LogP contribution is -2.53. The number of carbonyl (C=O) groups excluding carboxylic acids is 1. The van der Waals surface area contributed by atoms with E-state index in [0.717, 1.165) is 0 Å². The summed E-state index contributed by atoms with van der Waals surface area (Å²) in [5.41, 5.74) is 5.07. The molecule has 0 aliphatic carbocycles. The summed E-state index contributed by atoms with van der Waals surface area (Å²) in [6.45, 7) is 8.12. The zero-order valence-electron chi connectivity index (χ0n) is 11.1. The quantitative estimate of drug-likeness (QED) is 0.521. The fourth-order valence-electron chi connectivity index (χ4n) is 1.31. The number of amides is 1. The van der Waals surface area contributed by atoms with Gasteiger partial charge in [0.1, 0.15) is 5.60 Å². The van der Waals surface area contributed by atoms with Crippen LogP contribution in [0.1, 0.15) is 27.7 Å². The highest BCUT2D eigenvalue weighted by Crippen LogP contribution is 2.07. The minimum absolute atomic E-state index is 0.0374. The van der Waals surface area contributed by atoms with Crippen LogP contribution in [0.2, 0.25) is 0 Å². The number of hydrogen-bond donors (Lipinski definition) is 4. The van der Waals surface area contributed by atoms with Gasteiger partial charge in [-0.1, -0.05) is 0 Å². The van der Waals surface area contributed by atoms with Crippen LogP contribution < -0.4 is 16.4 Å². The van der Waals surface area contributed by atoms with E-state index in [0.29, 0.717) is 13.1 Å². The SMILES string of the molecule is CC(NC(=O)OC(C)(C)C)C(CN)NCCO. The maximum Gasteiger partial charge on any atom is 0.407 e. The van der Waals surface area contributed by atoms with Gasteiger partial charge in [-0.05, 0) is 27.7 Å². The summed E-state index contributed by atoms with van der Waals surface area (Å²) in [6, 6.07) is -0.254. The minimum atomic E-state index is -0.513. The Morgan fingerprint density at radius 1 is 1.47 bits per heavy atom. The molecule has 6 heteroatoms. The largest absolute Gasteiger partial charge is 0.444 e. The van der Waals surface area contributed by atoms with Crippen LogP contribution in [-0.4, -0.2) is 48.6 Å². The molecule has 17 heavy (non-hydrogen) atoms. The lowest BCUT2D eigenvalue weighted by molar-refractivity contribution is 0.0498. The number of nitrogens with one attached hydrogen (secondary N) is 2. The molecule has 5 N–H and O–H groups in total. The molecule has 0 aliphatic rings. The van der Waals surface area contributed by atoms with E-state index < -0.39 is 11.7 Å². The van der Waals surface area contributed by atoms with Gasteiger partial charge in [0.05, 0.1) is 6.61 Å². The average Bonchev–Trinajstić information content (AvgIpc) is 2.15. The predicted octanol–water partition coefficient (Wildman–Crippen LogP) is -0.191. The van der Waals surface area contributed by atoms with E-state index in [2.05, 4.69) is 10.6 Å². The molecule has 0 saturated heterocycles. The van der Waals surface area contributed by atoms with Crippen molar-refractivity contribution in [3.05, 3.63) is 0 Å². The maximum absolute atomic E-state index is 11.5. The van der Waals surface area contributed by atoms with Crippen molar-refractivity contribution < 1.29 is 14.6 Å². The summed E-state index contributed by atoms with van der Waals surface area (Å²) >= 11 is 0.